The lowest BCUT2D eigenvalue weighted by Gasteiger charge is -2.26. The average molecular weight is 200 g/mol. The number of nitrogens with one attached hydrogen (secondary N) is 1. The molecule has 1 N–H and O–H groups in total. The van der Waals surface area contributed by atoms with Crippen molar-refractivity contribution in [2.24, 2.45) is 5.92 Å². The zero-order valence-corrected chi connectivity index (χ0v) is 9.08. The van der Waals surface area contributed by atoms with Crippen molar-refractivity contribution in [3.8, 4) is 0 Å². The zero-order chi connectivity index (χ0) is 10.4. The summed E-state index contributed by atoms with van der Waals surface area (Å²) >= 11 is 0. The fourth-order valence-corrected chi connectivity index (χ4v) is 1.85. The van der Waals surface area contributed by atoms with Crippen LogP contribution in [0, 0.1) is 5.92 Å². The van der Waals surface area contributed by atoms with Crippen molar-refractivity contribution < 1.29 is 9.53 Å². The van der Waals surface area contributed by atoms with E-state index in [1.165, 1.54) is 20.0 Å². The Kier molecular flexibility index (Phi) is 4.90. The van der Waals surface area contributed by atoms with Crippen molar-refractivity contribution in [1.82, 2.24) is 10.2 Å². The van der Waals surface area contributed by atoms with Crippen LogP contribution in [-0.2, 0) is 9.53 Å². The normalized spacial score (nSPS) is 18.5. The van der Waals surface area contributed by atoms with Crippen LogP contribution in [0.4, 0.5) is 0 Å². The van der Waals surface area contributed by atoms with E-state index < -0.39 is 0 Å². The van der Waals surface area contributed by atoms with Crippen molar-refractivity contribution in [3.05, 3.63) is 0 Å². The fourth-order valence-electron chi connectivity index (χ4n) is 1.85. The van der Waals surface area contributed by atoms with Crippen LogP contribution < -0.4 is 5.32 Å². The van der Waals surface area contributed by atoms with Crippen LogP contribution in [0.1, 0.15) is 12.8 Å². The summed E-state index contributed by atoms with van der Waals surface area (Å²) in [6.45, 7) is 3.62. The number of nitrogens with zero attached hydrogens (tertiary/aromatic N) is 1. The van der Waals surface area contributed by atoms with Gasteiger partial charge in [0.25, 0.3) is 0 Å². The van der Waals surface area contributed by atoms with Gasteiger partial charge in [0, 0.05) is 6.54 Å². The minimum absolute atomic E-state index is 0.151. The molecular formula is C10H20N2O2. The van der Waals surface area contributed by atoms with Crippen LogP contribution in [0.5, 0.6) is 0 Å². The quantitative estimate of drug-likeness (QED) is 0.653. The molecule has 4 nitrogen and oxygen atoms in total. The average Bonchev–Trinajstić information content (AvgIpc) is 2.19. The van der Waals surface area contributed by atoms with Crippen molar-refractivity contribution in [2.75, 3.05) is 40.3 Å². The number of rotatable bonds is 4. The van der Waals surface area contributed by atoms with Crippen LogP contribution in [0.15, 0.2) is 0 Å². The highest BCUT2D eigenvalue weighted by atomic mass is 16.5. The summed E-state index contributed by atoms with van der Waals surface area (Å²) in [6.07, 6.45) is 2.43. The zero-order valence-electron chi connectivity index (χ0n) is 9.08. The van der Waals surface area contributed by atoms with Crippen molar-refractivity contribution >= 4 is 5.97 Å². The first-order chi connectivity index (χ1) is 6.72. The molecule has 1 fully saturated rings. The molecule has 1 heterocycles. The van der Waals surface area contributed by atoms with E-state index in [4.69, 9.17) is 0 Å². The summed E-state index contributed by atoms with van der Waals surface area (Å²) in [5.41, 5.74) is 0. The van der Waals surface area contributed by atoms with Gasteiger partial charge >= 0.3 is 5.97 Å². The molecule has 1 aliphatic heterocycles. The van der Waals surface area contributed by atoms with E-state index in [2.05, 4.69) is 10.1 Å². The van der Waals surface area contributed by atoms with Crippen LogP contribution >= 0.6 is 0 Å². The molecule has 0 aromatic rings. The molecule has 1 saturated heterocycles. The molecule has 0 unspecified atom stereocenters. The van der Waals surface area contributed by atoms with Gasteiger partial charge in [-0.15, -0.1) is 0 Å². The van der Waals surface area contributed by atoms with E-state index in [0.29, 0.717) is 6.54 Å². The predicted octanol–water partition coefficient (Wildman–Crippen LogP) is 0.0908. The predicted molar refractivity (Wildman–Crippen MR) is 55.1 cm³/mol. The lowest BCUT2D eigenvalue weighted by molar-refractivity contribution is -0.141. The van der Waals surface area contributed by atoms with Crippen LogP contribution in [0.2, 0.25) is 0 Å². The second-order valence-electron chi connectivity index (χ2n) is 3.97. The maximum absolute atomic E-state index is 11.0. The monoisotopic (exact) mass is 200 g/mol. The first kappa shape index (κ1) is 11.5. The molecule has 0 aromatic heterocycles. The first-order valence-electron chi connectivity index (χ1n) is 5.18. The van der Waals surface area contributed by atoms with E-state index >= 15 is 0 Å². The van der Waals surface area contributed by atoms with Gasteiger partial charge in [0.1, 0.15) is 0 Å². The highest BCUT2D eigenvalue weighted by Crippen LogP contribution is 2.12. The Balaban J connectivity index is 2.18. The Morgan fingerprint density at radius 2 is 2.14 bits per heavy atom. The number of methoxy groups -OCH3 is 1. The van der Waals surface area contributed by atoms with E-state index in [0.717, 1.165) is 25.6 Å². The van der Waals surface area contributed by atoms with Gasteiger partial charge in [-0.25, -0.2) is 0 Å². The summed E-state index contributed by atoms with van der Waals surface area (Å²) in [6, 6.07) is 0. The molecule has 0 radical (unpaired) electrons. The Labute approximate surface area is 85.6 Å². The Hall–Kier alpha value is -0.610. The van der Waals surface area contributed by atoms with Gasteiger partial charge < -0.3 is 10.1 Å². The first-order valence-corrected chi connectivity index (χ1v) is 5.18. The van der Waals surface area contributed by atoms with Gasteiger partial charge in [-0.2, -0.15) is 0 Å². The highest BCUT2D eigenvalue weighted by molar-refractivity contribution is 5.71. The third-order valence-corrected chi connectivity index (χ3v) is 2.66. The molecule has 1 rings (SSSR count). The van der Waals surface area contributed by atoms with Gasteiger partial charge in [-0.1, -0.05) is 0 Å². The van der Waals surface area contributed by atoms with E-state index in [1.54, 1.807) is 0 Å². The van der Waals surface area contributed by atoms with Gasteiger partial charge in [-0.3, -0.25) is 9.69 Å². The molecule has 0 amide bonds. The minimum Gasteiger partial charge on any atom is -0.468 e. The summed E-state index contributed by atoms with van der Waals surface area (Å²) in [7, 11) is 3.40. The number of hydrogen-bond donors (Lipinski definition) is 1. The summed E-state index contributed by atoms with van der Waals surface area (Å²) in [5, 5.41) is 3.33. The molecule has 4 heteroatoms. The molecule has 0 bridgehead atoms. The highest BCUT2D eigenvalue weighted by Gasteiger charge is 2.16. The molecule has 0 atom stereocenters. The number of carbonyl (C=O) groups excluding carboxylic acids is 1. The van der Waals surface area contributed by atoms with Crippen LogP contribution in [0.25, 0.3) is 0 Å². The van der Waals surface area contributed by atoms with E-state index in [9.17, 15) is 4.79 Å². The molecule has 82 valence electrons. The Bertz CT molecular complexity index is 179. The van der Waals surface area contributed by atoms with Gasteiger partial charge in [-0.05, 0) is 38.9 Å². The molecule has 14 heavy (non-hydrogen) atoms. The third kappa shape index (κ3) is 4.07. The van der Waals surface area contributed by atoms with E-state index in [-0.39, 0.29) is 5.97 Å². The number of hydrogen-bond acceptors (Lipinski definition) is 4. The van der Waals surface area contributed by atoms with Gasteiger partial charge in [0.05, 0.1) is 13.7 Å². The topological polar surface area (TPSA) is 41.6 Å². The smallest absolute Gasteiger partial charge is 0.319 e. The summed E-state index contributed by atoms with van der Waals surface area (Å²) < 4.78 is 4.62. The lowest BCUT2D eigenvalue weighted by Crippen LogP contribution is -2.36. The number of piperidine rings is 1. The number of carbonyl (C=O) groups is 1. The largest absolute Gasteiger partial charge is 0.468 e. The second kappa shape index (κ2) is 5.98. The number of ether oxygens (including phenoxy) is 1. The molecule has 0 aliphatic carbocycles. The summed E-state index contributed by atoms with van der Waals surface area (Å²) in [5.74, 6) is 0.576. The van der Waals surface area contributed by atoms with Crippen molar-refractivity contribution in [1.29, 1.82) is 0 Å². The fraction of sp³-hybridized carbons (Fsp3) is 0.900. The molecular weight excluding hydrogens is 180 g/mol. The van der Waals surface area contributed by atoms with Crippen LogP contribution in [0.3, 0.4) is 0 Å². The number of esters is 1. The Morgan fingerprint density at radius 3 is 2.71 bits per heavy atom. The third-order valence-electron chi connectivity index (χ3n) is 2.66. The van der Waals surface area contributed by atoms with Crippen molar-refractivity contribution in [2.45, 2.75) is 12.8 Å². The van der Waals surface area contributed by atoms with E-state index in [1.807, 2.05) is 11.9 Å². The molecule has 0 spiro atoms. The van der Waals surface area contributed by atoms with Crippen molar-refractivity contribution in [3.63, 3.8) is 0 Å². The maximum atomic E-state index is 11.0. The summed E-state index contributed by atoms with van der Waals surface area (Å²) in [4.78, 5) is 13.0. The lowest BCUT2D eigenvalue weighted by atomic mass is 9.98. The van der Waals surface area contributed by atoms with Crippen LogP contribution in [-0.4, -0.2) is 51.2 Å². The second-order valence-corrected chi connectivity index (χ2v) is 3.97. The molecule has 0 saturated carbocycles. The number of likely N-dealkylation sites (N-methyl/N-ethyl adjacent to an activating group) is 1. The maximum Gasteiger partial charge on any atom is 0.319 e. The SMILES string of the molecule is COC(=O)CN(C)CC1CCNCC1. The molecule has 0 aromatic carbocycles. The van der Waals surface area contributed by atoms with Gasteiger partial charge in [0.2, 0.25) is 0 Å². The standard InChI is InChI=1S/C10H20N2O2/c1-12(8-10(13)14-2)7-9-3-5-11-6-4-9/h9,11H,3-8H2,1-2H3. The minimum atomic E-state index is -0.151. The molecule has 1 aliphatic rings. The Morgan fingerprint density at radius 1 is 1.50 bits per heavy atom. The van der Waals surface area contributed by atoms with Gasteiger partial charge in [0.15, 0.2) is 0 Å².